The molecule has 0 unspecified atom stereocenters. The van der Waals surface area contributed by atoms with Crippen LogP contribution in [0.3, 0.4) is 0 Å². The summed E-state index contributed by atoms with van der Waals surface area (Å²) in [5, 5.41) is 11.3. The van der Waals surface area contributed by atoms with Gasteiger partial charge in [0.15, 0.2) is 0 Å². The zero-order chi connectivity index (χ0) is 15.4. The lowest BCUT2D eigenvalue weighted by molar-refractivity contribution is 0.0690. The molecular formula is C13H12N4O4. The lowest BCUT2D eigenvalue weighted by atomic mass is 10.2. The molecule has 0 saturated carbocycles. The van der Waals surface area contributed by atoms with Gasteiger partial charge in [-0.2, -0.15) is 4.98 Å². The zero-order valence-electron chi connectivity index (χ0n) is 11.3. The van der Waals surface area contributed by atoms with E-state index in [1.165, 1.54) is 25.4 Å². The number of carboxylic acid groups (broad SMARTS) is 1. The number of hydrogen-bond acceptors (Lipinski definition) is 6. The van der Waals surface area contributed by atoms with Gasteiger partial charge in [-0.05, 0) is 19.1 Å². The molecule has 0 spiro atoms. The highest BCUT2D eigenvalue weighted by molar-refractivity contribution is 6.04. The Morgan fingerprint density at radius 3 is 2.71 bits per heavy atom. The second-order valence-electron chi connectivity index (χ2n) is 4.06. The third-order valence-electron chi connectivity index (χ3n) is 2.51. The number of carboxylic acids is 1. The maximum Gasteiger partial charge on any atom is 0.354 e. The highest BCUT2D eigenvalue weighted by Crippen LogP contribution is 2.12. The van der Waals surface area contributed by atoms with Crippen molar-refractivity contribution in [1.29, 1.82) is 0 Å². The second kappa shape index (κ2) is 5.95. The van der Waals surface area contributed by atoms with Gasteiger partial charge in [-0.15, -0.1) is 0 Å². The van der Waals surface area contributed by atoms with E-state index in [0.29, 0.717) is 11.6 Å². The van der Waals surface area contributed by atoms with E-state index in [-0.39, 0.29) is 17.2 Å². The van der Waals surface area contributed by atoms with Gasteiger partial charge in [0, 0.05) is 23.5 Å². The molecule has 0 saturated heterocycles. The van der Waals surface area contributed by atoms with Gasteiger partial charge in [0.2, 0.25) is 11.8 Å². The first-order valence-corrected chi connectivity index (χ1v) is 5.90. The normalized spacial score (nSPS) is 10.0. The van der Waals surface area contributed by atoms with Crippen LogP contribution in [0.4, 0.5) is 5.95 Å². The van der Waals surface area contributed by atoms with Crippen molar-refractivity contribution in [2.45, 2.75) is 6.92 Å². The Bertz CT molecular complexity index is 702. The molecule has 0 bridgehead atoms. The van der Waals surface area contributed by atoms with E-state index in [4.69, 9.17) is 9.84 Å². The quantitative estimate of drug-likeness (QED) is 0.866. The first kappa shape index (κ1) is 14.4. The first-order chi connectivity index (χ1) is 9.99. The Balaban J connectivity index is 2.23. The molecule has 0 aliphatic rings. The maximum atomic E-state index is 12.0. The molecule has 0 aliphatic heterocycles. The highest BCUT2D eigenvalue weighted by Gasteiger charge is 2.12. The number of carbonyl (C=O) groups is 2. The van der Waals surface area contributed by atoms with Crippen molar-refractivity contribution in [3.05, 3.63) is 41.3 Å². The predicted molar refractivity (Wildman–Crippen MR) is 72.5 cm³/mol. The summed E-state index contributed by atoms with van der Waals surface area (Å²) in [5.74, 6) is -1.35. The van der Waals surface area contributed by atoms with Crippen LogP contribution in [0.15, 0.2) is 24.4 Å². The van der Waals surface area contributed by atoms with E-state index in [1.54, 1.807) is 13.0 Å². The van der Waals surface area contributed by atoms with Crippen LogP contribution in [-0.4, -0.2) is 39.0 Å². The fourth-order valence-electron chi connectivity index (χ4n) is 1.56. The Labute approximate surface area is 119 Å². The minimum Gasteiger partial charge on any atom is -0.481 e. The molecule has 2 heterocycles. The molecule has 1 amide bonds. The van der Waals surface area contributed by atoms with E-state index in [9.17, 15) is 9.59 Å². The SMILES string of the molecule is COc1cc(C)nc(NC(=O)c2ccnc(C(=O)O)c2)n1. The molecule has 21 heavy (non-hydrogen) atoms. The minimum absolute atomic E-state index is 0.0746. The number of anilines is 1. The highest BCUT2D eigenvalue weighted by atomic mass is 16.5. The molecule has 0 aliphatic carbocycles. The van der Waals surface area contributed by atoms with E-state index in [2.05, 4.69) is 20.3 Å². The summed E-state index contributed by atoms with van der Waals surface area (Å²) in [6.07, 6.45) is 1.25. The zero-order valence-corrected chi connectivity index (χ0v) is 11.3. The van der Waals surface area contributed by atoms with Crippen molar-refractivity contribution < 1.29 is 19.4 Å². The van der Waals surface area contributed by atoms with Crippen LogP contribution in [0.5, 0.6) is 5.88 Å². The van der Waals surface area contributed by atoms with Gasteiger partial charge in [-0.25, -0.2) is 14.8 Å². The fourth-order valence-corrected chi connectivity index (χ4v) is 1.56. The number of rotatable bonds is 4. The number of hydrogen-bond donors (Lipinski definition) is 2. The second-order valence-corrected chi connectivity index (χ2v) is 4.06. The van der Waals surface area contributed by atoms with Gasteiger partial charge in [-0.1, -0.05) is 0 Å². The van der Waals surface area contributed by atoms with E-state index >= 15 is 0 Å². The molecule has 8 nitrogen and oxygen atoms in total. The van der Waals surface area contributed by atoms with Gasteiger partial charge in [0.25, 0.3) is 5.91 Å². The van der Waals surface area contributed by atoms with Crippen molar-refractivity contribution in [1.82, 2.24) is 15.0 Å². The van der Waals surface area contributed by atoms with Crippen LogP contribution >= 0.6 is 0 Å². The molecule has 2 aromatic heterocycles. The molecule has 2 N–H and O–H groups in total. The minimum atomic E-state index is -1.21. The predicted octanol–water partition coefficient (Wildman–Crippen LogP) is 1.14. The molecule has 2 rings (SSSR count). The average molecular weight is 288 g/mol. The van der Waals surface area contributed by atoms with Gasteiger partial charge in [0.05, 0.1) is 7.11 Å². The number of ether oxygens (including phenoxy) is 1. The van der Waals surface area contributed by atoms with Crippen LogP contribution in [0.1, 0.15) is 26.5 Å². The Morgan fingerprint density at radius 2 is 2.05 bits per heavy atom. The molecule has 2 aromatic rings. The average Bonchev–Trinajstić information content (AvgIpc) is 2.46. The molecular weight excluding hydrogens is 276 g/mol. The molecule has 0 radical (unpaired) electrons. The molecule has 0 atom stereocenters. The van der Waals surface area contributed by atoms with Crippen LogP contribution in [0.25, 0.3) is 0 Å². The lowest BCUT2D eigenvalue weighted by Gasteiger charge is -2.06. The van der Waals surface area contributed by atoms with E-state index in [0.717, 1.165) is 0 Å². The summed E-state index contributed by atoms with van der Waals surface area (Å²) in [6, 6.07) is 4.18. The topological polar surface area (TPSA) is 114 Å². The Kier molecular flexibility index (Phi) is 4.07. The van der Waals surface area contributed by atoms with Gasteiger partial charge >= 0.3 is 5.97 Å². The standard InChI is InChI=1S/C13H12N4O4/c1-7-5-10(21-2)16-13(15-7)17-11(18)8-3-4-14-9(6-8)12(19)20/h3-6H,1-2H3,(H,19,20)(H,15,16,17,18). The first-order valence-electron chi connectivity index (χ1n) is 5.90. The van der Waals surface area contributed by atoms with Crippen molar-refractivity contribution in [3.63, 3.8) is 0 Å². The Hall–Kier alpha value is -3.03. The van der Waals surface area contributed by atoms with Gasteiger partial charge in [0.1, 0.15) is 5.69 Å². The molecule has 0 aromatic carbocycles. The fraction of sp³-hybridized carbons (Fsp3) is 0.154. The van der Waals surface area contributed by atoms with Crippen LogP contribution in [0, 0.1) is 6.92 Å². The largest absolute Gasteiger partial charge is 0.481 e. The number of aromatic nitrogens is 3. The van der Waals surface area contributed by atoms with Crippen LogP contribution in [-0.2, 0) is 0 Å². The number of pyridine rings is 1. The van der Waals surface area contributed by atoms with E-state index < -0.39 is 11.9 Å². The molecule has 0 fully saturated rings. The summed E-state index contributed by atoms with van der Waals surface area (Å²) in [6.45, 7) is 1.73. The van der Waals surface area contributed by atoms with Crippen LogP contribution < -0.4 is 10.1 Å². The maximum absolute atomic E-state index is 12.0. The number of nitrogens with zero attached hydrogens (tertiary/aromatic N) is 3. The monoisotopic (exact) mass is 288 g/mol. The number of aromatic carboxylic acids is 1. The summed E-state index contributed by atoms with van der Waals surface area (Å²) in [7, 11) is 1.45. The van der Waals surface area contributed by atoms with Crippen LogP contribution in [0.2, 0.25) is 0 Å². The summed E-state index contributed by atoms with van der Waals surface area (Å²) in [5.41, 5.74) is 0.551. The summed E-state index contributed by atoms with van der Waals surface area (Å²) >= 11 is 0. The lowest BCUT2D eigenvalue weighted by Crippen LogP contribution is -2.16. The van der Waals surface area contributed by atoms with E-state index in [1.807, 2.05) is 0 Å². The number of carbonyl (C=O) groups excluding carboxylic acids is 1. The van der Waals surface area contributed by atoms with Crippen molar-refractivity contribution in [2.75, 3.05) is 12.4 Å². The number of nitrogens with one attached hydrogen (secondary N) is 1. The van der Waals surface area contributed by atoms with Gasteiger partial charge in [-0.3, -0.25) is 10.1 Å². The number of aryl methyl sites for hydroxylation is 1. The van der Waals surface area contributed by atoms with Crippen molar-refractivity contribution in [2.24, 2.45) is 0 Å². The third-order valence-corrected chi connectivity index (χ3v) is 2.51. The third kappa shape index (κ3) is 3.50. The Morgan fingerprint density at radius 1 is 1.29 bits per heavy atom. The summed E-state index contributed by atoms with van der Waals surface area (Å²) in [4.78, 5) is 34.5. The van der Waals surface area contributed by atoms with Crippen molar-refractivity contribution >= 4 is 17.8 Å². The van der Waals surface area contributed by atoms with Crippen molar-refractivity contribution in [3.8, 4) is 5.88 Å². The number of methoxy groups -OCH3 is 1. The smallest absolute Gasteiger partial charge is 0.354 e. The molecule has 108 valence electrons. The number of amides is 1. The summed E-state index contributed by atoms with van der Waals surface area (Å²) < 4.78 is 4.98. The van der Waals surface area contributed by atoms with Gasteiger partial charge < -0.3 is 9.84 Å². The molecule has 8 heteroatoms.